The molecule has 1 saturated heterocycles. The molecule has 0 atom stereocenters. The van der Waals surface area contributed by atoms with Crippen LogP contribution in [0.15, 0.2) is 52.8 Å². The normalized spacial score (nSPS) is 16.1. The standard InChI is InChI=1S/C18H18N2O3S/c1-12(2)23-14-7-5-13(6-8-14)10-16-17(21)20(18(24)19-16)11-15-4-3-9-22-15/h3-10,12H,11H2,1-2H3,(H,19,24)/b16-10+. The van der Waals surface area contributed by atoms with E-state index in [1.165, 1.54) is 4.90 Å². The van der Waals surface area contributed by atoms with Crippen molar-refractivity contribution in [2.75, 3.05) is 0 Å². The van der Waals surface area contributed by atoms with Gasteiger partial charge in [0.2, 0.25) is 0 Å². The van der Waals surface area contributed by atoms with E-state index in [2.05, 4.69) is 5.32 Å². The van der Waals surface area contributed by atoms with Gasteiger partial charge in [0.05, 0.1) is 18.9 Å². The third kappa shape index (κ3) is 3.65. The van der Waals surface area contributed by atoms with Crippen LogP contribution in [0.5, 0.6) is 5.75 Å². The Morgan fingerprint density at radius 1 is 1.29 bits per heavy atom. The van der Waals surface area contributed by atoms with Crippen molar-refractivity contribution in [1.29, 1.82) is 0 Å². The first-order valence-electron chi connectivity index (χ1n) is 7.66. The molecule has 0 radical (unpaired) electrons. The topological polar surface area (TPSA) is 54.7 Å². The Kier molecular flexibility index (Phi) is 4.66. The number of benzene rings is 1. The summed E-state index contributed by atoms with van der Waals surface area (Å²) in [6, 6.07) is 11.2. The first-order chi connectivity index (χ1) is 11.5. The SMILES string of the molecule is CC(C)Oc1ccc(/C=C2/NC(=S)N(Cc3ccco3)C2=O)cc1. The number of thiocarbonyl (C=S) groups is 1. The number of carbonyl (C=O) groups excluding carboxylic acids is 1. The van der Waals surface area contributed by atoms with Crippen molar-refractivity contribution in [2.24, 2.45) is 0 Å². The van der Waals surface area contributed by atoms with Crippen molar-refractivity contribution in [3.63, 3.8) is 0 Å². The van der Waals surface area contributed by atoms with Gasteiger partial charge in [0.1, 0.15) is 17.2 Å². The van der Waals surface area contributed by atoms with Gasteiger partial charge in [-0.15, -0.1) is 0 Å². The zero-order chi connectivity index (χ0) is 17.1. The van der Waals surface area contributed by atoms with E-state index in [0.717, 1.165) is 11.3 Å². The van der Waals surface area contributed by atoms with Crippen LogP contribution in [0.4, 0.5) is 0 Å². The summed E-state index contributed by atoms with van der Waals surface area (Å²) in [4.78, 5) is 14.0. The predicted molar refractivity (Wildman–Crippen MR) is 95.2 cm³/mol. The quantitative estimate of drug-likeness (QED) is 0.667. The lowest BCUT2D eigenvalue weighted by Crippen LogP contribution is -2.29. The highest BCUT2D eigenvalue weighted by atomic mass is 32.1. The van der Waals surface area contributed by atoms with Crippen molar-refractivity contribution in [3.8, 4) is 5.75 Å². The largest absolute Gasteiger partial charge is 0.491 e. The fourth-order valence-electron chi connectivity index (χ4n) is 2.36. The molecule has 1 aromatic heterocycles. The molecule has 1 aliphatic heterocycles. The van der Waals surface area contributed by atoms with Gasteiger partial charge in [0, 0.05) is 0 Å². The van der Waals surface area contributed by atoms with Crippen molar-refractivity contribution in [3.05, 3.63) is 59.7 Å². The van der Waals surface area contributed by atoms with Crippen molar-refractivity contribution in [2.45, 2.75) is 26.5 Å². The van der Waals surface area contributed by atoms with E-state index in [-0.39, 0.29) is 12.0 Å². The molecule has 2 heterocycles. The Bertz CT molecular complexity index is 764. The first kappa shape index (κ1) is 16.3. The average Bonchev–Trinajstić information content (AvgIpc) is 3.13. The monoisotopic (exact) mass is 342 g/mol. The molecule has 0 aliphatic carbocycles. The summed E-state index contributed by atoms with van der Waals surface area (Å²) in [5.41, 5.74) is 1.34. The van der Waals surface area contributed by atoms with E-state index < -0.39 is 0 Å². The number of ether oxygens (including phenoxy) is 1. The molecule has 3 rings (SSSR count). The van der Waals surface area contributed by atoms with Gasteiger partial charge in [-0.3, -0.25) is 9.69 Å². The van der Waals surface area contributed by atoms with E-state index in [4.69, 9.17) is 21.4 Å². The molecule has 24 heavy (non-hydrogen) atoms. The van der Waals surface area contributed by atoms with Gasteiger partial charge in [-0.2, -0.15) is 0 Å². The van der Waals surface area contributed by atoms with Crippen LogP contribution in [-0.4, -0.2) is 22.0 Å². The predicted octanol–water partition coefficient (Wildman–Crippen LogP) is 3.32. The molecule has 6 heteroatoms. The maximum atomic E-state index is 12.5. The zero-order valence-electron chi connectivity index (χ0n) is 13.5. The zero-order valence-corrected chi connectivity index (χ0v) is 14.3. The number of furan rings is 1. The Labute approximate surface area is 145 Å². The second-order valence-electron chi connectivity index (χ2n) is 5.69. The molecule has 5 nitrogen and oxygen atoms in total. The number of amides is 1. The van der Waals surface area contributed by atoms with Crippen molar-refractivity contribution < 1.29 is 13.9 Å². The van der Waals surface area contributed by atoms with Crippen LogP contribution < -0.4 is 10.1 Å². The molecule has 1 amide bonds. The summed E-state index contributed by atoms with van der Waals surface area (Å²) in [7, 11) is 0. The van der Waals surface area contributed by atoms with E-state index in [1.807, 2.05) is 44.2 Å². The highest BCUT2D eigenvalue weighted by molar-refractivity contribution is 7.80. The maximum absolute atomic E-state index is 12.5. The lowest BCUT2D eigenvalue weighted by Gasteiger charge is -2.11. The van der Waals surface area contributed by atoms with Gasteiger partial charge < -0.3 is 14.5 Å². The van der Waals surface area contributed by atoms with Crippen LogP contribution in [-0.2, 0) is 11.3 Å². The Hall–Kier alpha value is -2.60. The molecule has 1 aliphatic rings. The summed E-state index contributed by atoms with van der Waals surface area (Å²) >= 11 is 5.24. The molecule has 124 valence electrons. The Morgan fingerprint density at radius 3 is 2.67 bits per heavy atom. The lowest BCUT2D eigenvalue weighted by atomic mass is 10.2. The summed E-state index contributed by atoms with van der Waals surface area (Å²) in [6.07, 6.45) is 3.47. The van der Waals surface area contributed by atoms with Gasteiger partial charge in [0.15, 0.2) is 5.11 Å². The van der Waals surface area contributed by atoms with Gasteiger partial charge in [-0.25, -0.2) is 0 Å². The number of hydrogen-bond donors (Lipinski definition) is 1. The highest BCUT2D eigenvalue weighted by Crippen LogP contribution is 2.19. The lowest BCUT2D eigenvalue weighted by molar-refractivity contribution is -0.122. The van der Waals surface area contributed by atoms with Crippen LogP contribution in [0.2, 0.25) is 0 Å². The number of nitrogens with one attached hydrogen (secondary N) is 1. The number of nitrogens with zero attached hydrogens (tertiary/aromatic N) is 1. The number of hydrogen-bond acceptors (Lipinski definition) is 4. The molecule has 1 N–H and O–H groups in total. The molecule has 0 unspecified atom stereocenters. The minimum atomic E-state index is -0.168. The summed E-state index contributed by atoms with van der Waals surface area (Å²) in [6.45, 7) is 4.27. The molecule has 0 bridgehead atoms. The minimum absolute atomic E-state index is 0.125. The van der Waals surface area contributed by atoms with Gasteiger partial charge in [-0.05, 0) is 62.0 Å². The smallest absolute Gasteiger partial charge is 0.276 e. The van der Waals surface area contributed by atoms with E-state index in [0.29, 0.717) is 23.1 Å². The first-order valence-corrected chi connectivity index (χ1v) is 8.07. The average molecular weight is 342 g/mol. The van der Waals surface area contributed by atoms with E-state index in [9.17, 15) is 4.79 Å². The molecule has 0 spiro atoms. The summed E-state index contributed by atoms with van der Waals surface area (Å²) in [5.74, 6) is 1.32. The fourth-order valence-corrected chi connectivity index (χ4v) is 2.61. The fraction of sp³-hybridized carbons (Fsp3) is 0.222. The van der Waals surface area contributed by atoms with Gasteiger partial charge in [-0.1, -0.05) is 12.1 Å². The molecule has 1 aromatic carbocycles. The van der Waals surface area contributed by atoms with Crippen LogP contribution >= 0.6 is 12.2 Å². The highest BCUT2D eigenvalue weighted by Gasteiger charge is 2.31. The molecule has 1 fully saturated rings. The Balaban J connectivity index is 1.73. The molecular formula is C18H18N2O3S. The number of rotatable bonds is 5. The van der Waals surface area contributed by atoms with Crippen LogP contribution in [0, 0.1) is 0 Å². The second kappa shape index (κ2) is 6.88. The van der Waals surface area contributed by atoms with E-state index in [1.54, 1.807) is 18.4 Å². The maximum Gasteiger partial charge on any atom is 0.276 e. The van der Waals surface area contributed by atoms with Crippen molar-refractivity contribution in [1.82, 2.24) is 10.2 Å². The van der Waals surface area contributed by atoms with Gasteiger partial charge in [0.25, 0.3) is 5.91 Å². The van der Waals surface area contributed by atoms with Crippen LogP contribution in [0.1, 0.15) is 25.2 Å². The third-order valence-electron chi connectivity index (χ3n) is 3.42. The van der Waals surface area contributed by atoms with Crippen LogP contribution in [0.25, 0.3) is 6.08 Å². The molecule has 2 aromatic rings. The molecular weight excluding hydrogens is 324 g/mol. The summed E-state index contributed by atoms with van der Waals surface area (Å²) in [5, 5.41) is 3.33. The third-order valence-corrected chi connectivity index (χ3v) is 3.74. The number of carbonyl (C=O) groups is 1. The van der Waals surface area contributed by atoms with Crippen molar-refractivity contribution >= 4 is 29.3 Å². The molecule has 0 saturated carbocycles. The Morgan fingerprint density at radius 2 is 2.04 bits per heavy atom. The van der Waals surface area contributed by atoms with Crippen LogP contribution in [0.3, 0.4) is 0 Å². The second-order valence-corrected chi connectivity index (χ2v) is 6.08. The van der Waals surface area contributed by atoms with E-state index >= 15 is 0 Å². The summed E-state index contributed by atoms with van der Waals surface area (Å²) < 4.78 is 10.9. The van der Waals surface area contributed by atoms with Gasteiger partial charge >= 0.3 is 0 Å². The minimum Gasteiger partial charge on any atom is -0.491 e.